The van der Waals surface area contributed by atoms with Crippen LogP contribution in [0.4, 0.5) is 11.9 Å². The normalized spacial score (nSPS) is 10.0. The third-order valence-corrected chi connectivity index (χ3v) is 2.57. The fourth-order valence-corrected chi connectivity index (χ4v) is 1.50. The summed E-state index contributed by atoms with van der Waals surface area (Å²) in [6.07, 6.45) is 2.07. The van der Waals surface area contributed by atoms with Crippen molar-refractivity contribution in [2.75, 3.05) is 50.0 Å². The van der Waals surface area contributed by atoms with Crippen LogP contribution >= 0.6 is 11.8 Å². The summed E-state index contributed by atoms with van der Waals surface area (Å²) in [5.74, 6) is 2.16. The number of thioether (sulfide) groups is 1. The minimum absolute atomic E-state index is 0.324. The summed E-state index contributed by atoms with van der Waals surface area (Å²) in [5.41, 5.74) is 0. The molecule has 0 unspecified atom stereocenters. The van der Waals surface area contributed by atoms with Gasteiger partial charge in [-0.15, -0.1) is 0 Å². The number of ether oxygens (including phenoxy) is 1. The SMILES string of the molecule is CNc1nc(OC)nc(N(C)CCSC)n1. The summed E-state index contributed by atoms with van der Waals surface area (Å²) < 4.78 is 5.02. The molecule has 0 saturated heterocycles. The molecule has 0 aliphatic heterocycles. The van der Waals surface area contributed by atoms with E-state index in [1.54, 1.807) is 25.9 Å². The van der Waals surface area contributed by atoms with Crippen LogP contribution in [0.5, 0.6) is 6.01 Å². The zero-order chi connectivity index (χ0) is 12.0. The Bertz CT molecular complexity index is 313. The molecule has 1 rings (SSSR count). The van der Waals surface area contributed by atoms with Gasteiger partial charge in [-0.2, -0.15) is 26.7 Å². The van der Waals surface area contributed by atoms with E-state index in [0.29, 0.717) is 17.9 Å². The van der Waals surface area contributed by atoms with Gasteiger partial charge in [0.2, 0.25) is 11.9 Å². The van der Waals surface area contributed by atoms with E-state index < -0.39 is 0 Å². The summed E-state index contributed by atoms with van der Waals surface area (Å²) in [5, 5.41) is 2.88. The van der Waals surface area contributed by atoms with Crippen LogP contribution in [-0.4, -0.2) is 54.7 Å². The zero-order valence-electron chi connectivity index (χ0n) is 10.0. The lowest BCUT2D eigenvalue weighted by molar-refractivity contribution is 0.379. The van der Waals surface area contributed by atoms with Crippen LogP contribution in [0.2, 0.25) is 0 Å². The molecule has 1 N–H and O–H groups in total. The molecule has 0 aliphatic carbocycles. The zero-order valence-corrected chi connectivity index (χ0v) is 10.8. The van der Waals surface area contributed by atoms with Gasteiger partial charge in [-0.25, -0.2) is 0 Å². The van der Waals surface area contributed by atoms with Crippen LogP contribution in [0.25, 0.3) is 0 Å². The van der Waals surface area contributed by atoms with E-state index in [4.69, 9.17) is 4.74 Å². The van der Waals surface area contributed by atoms with Crippen LogP contribution in [0.1, 0.15) is 0 Å². The van der Waals surface area contributed by atoms with Gasteiger partial charge in [-0.05, 0) is 6.26 Å². The first-order chi connectivity index (χ1) is 7.71. The van der Waals surface area contributed by atoms with Crippen molar-refractivity contribution in [3.05, 3.63) is 0 Å². The summed E-state index contributed by atoms with van der Waals surface area (Å²) in [6, 6.07) is 0.324. The lowest BCUT2D eigenvalue weighted by atomic mass is 10.6. The topological polar surface area (TPSA) is 63.2 Å². The second-order valence-corrected chi connectivity index (χ2v) is 4.10. The monoisotopic (exact) mass is 243 g/mol. The smallest absolute Gasteiger partial charge is 0.322 e. The Balaban J connectivity index is 2.85. The van der Waals surface area contributed by atoms with Crippen molar-refractivity contribution in [2.45, 2.75) is 0 Å². The highest BCUT2D eigenvalue weighted by molar-refractivity contribution is 7.98. The molecule has 1 aromatic heterocycles. The summed E-state index contributed by atoms with van der Waals surface area (Å²) in [6.45, 7) is 0.886. The lowest BCUT2D eigenvalue weighted by Gasteiger charge is -2.16. The van der Waals surface area contributed by atoms with Crippen molar-refractivity contribution >= 4 is 23.7 Å². The van der Waals surface area contributed by atoms with Crippen LogP contribution in [0, 0.1) is 0 Å². The second-order valence-electron chi connectivity index (χ2n) is 3.11. The molecular weight excluding hydrogens is 226 g/mol. The van der Waals surface area contributed by atoms with E-state index >= 15 is 0 Å². The van der Waals surface area contributed by atoms with Crippen LogP contribution in [0.15, 0.2) is 0 Å². The molecule has 0 atom stereocenters. The molecule has 0 aliphatic rings. The highest BCUT2D eigenvalue weighted by Gasteiger charge is 2.09. The Kier molecular flexibility index (Phi) is 5.10. The Morgan fingerprint density at radius 2 is 2.12 bits per heavy atom. The van der Waals surface area contributed by atoms with Crippen molar-refractivity contribution in [3.8, 4) is 6.01 Å². The summed E-state index contributed by atoms with van der Waals surface area (Å²) in [4.78, 5) is 14.5. The number of anilines is 2. The fourth-order valence-electron chi connectivity index (χ4n) is 1.05. The number of aromatic nitrogens is 3. The number of rotatable bonds is 6. The molecule has 0 bridgehead atoms. The van der Waals surface area contributed by atoms with E-state index in [1.165, 1.54) is 0 Å². The highest BCUT2D eigenvalue weighted by Crippen LogP contribution is 2.13. The molecule has 1 aromatic rings. The second kappa shape index (κ2) is 6.37. The molecule has 0 saturated carbocycles. The van der Waals surface area contributed by atoms with Gasteiger partial charge in [-0.1, -0.05) is 0 Å². The van der Waals surface area contributed by atoms with Crippen LogP contribution in [-0.2, 0) is 0 Å². The Morgan fingerprint density at radius 1 is 1.38 bits per heavy atom. The molecule has 0 amide bonds. The van der Waals surface area contributed by atoms with E-state index in [9.17, 15) is 0 Å². The number of hydrogen-bond acceptors (Lipinski definition) is 7. The highest BCUT2D eigenvalue weighted by atomic mass is 32.2. The standard InChI is InChI=1S/C9H17N5OS/c1-10-7-11-8(13-9(12-7)15-3)14(2)5-6-16-4/h5-6H2,1-4H3,(H,10,11,12,13). The molecule has 6 nitrogen and oxygen atoms in total. The molecule has 1 heterocycles. The van der Waals surface area contributed by atoms with E-state index in [0.717, 1.165) is 12.3 Å². The summed E-state index contributed by atoms with van der Waals surface area (Å²) in [7, 11) is 5.26. The Hall–Kier alpha value is -1.24. The quantitative estimate of drug-likeness (QED) is 0.789. The summed E-state index contributed by atoms with van der Waals surface area (Å²) >= 11 is 1.78. The molecule has 90 valence electrons. The van der Waals surface area contributed by atoms with E-state index in [1.807, 2.05) is 11.9 Å². The molecule has 0 spiro atoms. The van der Waals surface area contributed by atoms with Crippen LogP contribution in [0.3, 0.4) is 0 Å². The molecule has 0 radical (unpaired) electrons. The van der Waals surface area contributed by atoms with Crippen molar-refractivity contribution in [2.24, 2.45) is 0 Å². The minimum Gasteiger partial charge on any atom is -0.467 e. The average molecular weight is 243 g/mol. The van der Waals surface area contributed by atoms with Gasteiger partial charge in [0.25, 0.3) is 0 Å². The van der Waals surface area contributed by atoms with Gasteiger partial charge in [0, 0.05) is 26.4 Å². The number of nitrogens with zero attached hydrogens (tertiary/aromatic N) is 4. The number of hydrogen-bond donors (Lipinski definition) is 1. The first-order valence-electron chi connectivity index (χ1n) is 4.89. The van der Waals surface area contributed by atoms with Gasteiger partial charge < -0.3 is 15.0 Å². The molecule has 0 aromatic carbocycles. The lowest BCUT2D eigenvalue weighted by Crippen LogP contribution is -2.23. The first kappa shape index (κ1) is 12.8. The number of methoxy groups -OCH3 is 1. The van der Waals surface area contributed by atoms with Gasteiger partial charge in [0.15, 0.2) is 0 Å². The Morgan fingerprint density at radius 3 is 2.69 bits per heavy atom. The van der Waals surface area contributed by atoms with Crippen LogP contribution < -0.4 is 15.0 Å². The molecule has 0 fully saturated rings. The van der Waals surface area contributed by atoms with Crippen molar-refractivity contribution in [3.63, 3.8) is 0 Å². The first-order valence-corrected chi connectivity index (χ1v) is 6.28. The third kappa shape index (κ3) is 3.41. The van der Waals surface area contributed by atoms with Crippen molar-refractivity contribution in [1.29, 1.82) is 0 Å². The van der Waals surface area contributed by atoms with Gasteiger partial charge in [0.05, 0.1) is 7.11 Å². The largest absolute Gasteiger partial charge is 0.467 e. The Labute approximate surface area is 99.8 Å². The van der Waals surface area contributed by atoms with Gasteiger partial charge in [0.1, 0.15) is 0 Å². The van der Waals surface area contributed by atoms with Crippen molar-refractivity contribution < 1.29 is 4.74 Å². The maximum atomic E-state index is 5.02. The molecule has 7 heteroatoms. The van der Waals surface area contributed by atoms with E-state index in [-0.39, 0.29) is 0 Å². The maximum absolute atomic E-state index is 5.02. The predicted octanol–water partition coefficient (Wildman–Crippen LogP) is 0.721. The molecule has 16 heavy (non-hydrogen) atoms. The fraction of sp³-hybridized carbons (Fsp3) is 0.667. The average Bonchev–Trinajstić information content (AvgIpc) is 2.35. The van der Waals surface area contributed by atoms with Crippen molar-refractivity contribution in [1.82, 2.24) is 15.0 Å². The third-order valence-electron chi connectivity index (χ3n) is 1.98. The maximum Gasteiger partial charge on any atom is 0.322 e. The minimum atomic E-state index is 0.324. The van der Waals surface area contributed by atoms with Gasteiger partial charge in [-0.3, -0.25) is 0 Å². The predicted molar refractivity (Wildman–Crippen MR) is 67.6 cm³/mol. The molecular formula is C9H17N5OS. The number of nitrogens with one attached hydrogen (secondary N) is 1. The van der Waals surface area contributed by atoms with E-state index in [2.05, 4.69) is 26.5 Å². The van der Waals surface area contributed by atoms with Gasteiger partial charge >= 0.3 is 6.01 Å².